The van der Waals surface area contributed by atoms with Gasteiger partial charge in [-0.3, -0.25) is 9.80 Å². The summed E-state index contributed by atoms with van der Waals surface area (Å²) in [5.41, 5.74) is 1.77. The van der Waals surface area contributed by atoms with E-state index in [1.165, 1.54) is 11.6 Å². The summed E-state index contributed by atoms with van der Waals surface area (Å²) in [5, 5.41) is 0. The molecule has 0 saturated carbocycles. The zero-order valence-corrected chi connectivity index (χ0v) is 16.9. The van der Waals surface area contributed by atoms with Gasteiger partial charge < -0.3 is 4.42 Å². The molecule has 1 aromatic heterocycles. The lowest BCUT2D eigenvalue weighted by atomic mass is 9.81. The van der Waals surface area contributed by atoms with Crippen LogP contribution in [0.4, 0.5) is 8.78 Å². The first-order chi connectivity index (χ1) is 14.7. The highest BCUT2D eigenvalue weighted by molar-refractivity contribution is 5.27. The van der Waals surface area contributed by atoms with E-state index in [0.29, 0.717) is 11.6 Å². The van der Waals surface area contributed by atoms with E-state index in [1.807, 2.05) is 18.2 Å². The van der Waals surface area contributed by atoms with Gasteiger partial charge in [0.25, 0.3) is 0 Å². The largest absolute Gasteiger partial charge is 0.468 e. The SMILES string of the molecule is Fc1cccc([C@@H]2CN(Cc3ccccc3)[C@H]3CCN(Cc4ccco4)C[C@@H]23)c1F. The lowest BCUT2D eigenvalue weighted by Crippen LogP contribution is -2.46. The fourth-order valence-corrected chi connectivity index (χ4v) is 5.31. The molecule has 0 spiro atoms. The third-order valence-electron chi connectivity index (χ3n) is 6.69. The number of halogens is 2. The molecule has 0 aliphatic carbocycles. The summed E-state index contributed by atoms with van der Waals surface area (Å²) >= 11 is 0. The molecule has 156 valence electrons. The van der Waals surface area contributed by atoms with Gasteiger partial charge in [-0.2, -0.15) is 0 Å². The number of hydrogen-bond donors (Lipinski definition) is 0. The number of hydrogen-bond acceptors (Lipinski definition) is 3. The molecule has 0 bridgehead atoms. The maximum atomic E-state index is 14.7. The molecule has 0 radical (unpaired) electrons. The molecule has 2 aliphatic rings. The standard InChI is InChI=1S/C25H26F2N2O/c26-23-10-4-9-20(25(23)27)21-17-29(14-18-6-2-1-3-7-18)24-11-12-28(16-22(21)24)15-19-8-5-13-30-19/h1-10,13,21-22,24H,11-12,14-17H2/t21-,22-,24-/m0/s1. The predicted molar refractivity (Wildman–Crippen MR) is 112 cm³/mol. The van der Waals surface area contributed by atoms with Crippen molar-refractivity contribution in [1.82, 2.24) is 9.80 Å². The molecule has 0 amide bonds. The van der Waals surface area contributed by atoms with Crippen LogP contribution in [0, 0.1) is 17.6 Å². The summed E-state index contributed by atoms with van der Waals surface area (Å²) in [6.45, 7) is 4.18. The van der Waals surface area contributed by atoms with E-state index in [0.717, 1.165) is 44.9 Å². The van der Waals surface area contributed by atoms with Crippen LogP contribution >= 0.6 is 0 Å². The molecule has 5 rings (SSSR count). The summed E-state index contributed by atoms with van der Waals surface area (Å²) in [6.07, 6.45) is 2.72. The second kappa shape index (κ2) is 8.32. The van der Waals surface area contributed by atoms with Crippen LogP contribution in [0.1, 0.15) is 29.2 Å². The van der Waals surface area contributed by atoms with Crippen LogP contribution in [0.25, 0.3) is 0 Å². The second-order valence-electron chi connectivity index (χ2n) is 8.50. The van der Waals surface area contributed by atoms with Gasteiger partial charge in [-0.25, -0.2) is 8.78 Å². The van der Waals surface area contributed by atoms with E-state index in [2.05, 4.69) is 34.1 Å². The first-order valence-electron chi connectivity index (χ1n) is 10.7. The van der Waals surface area contributed by atoms with E-state index in [1.54, 1.807) is 18.4 Å². The molecule has 2 fully saturated rings. The number of furan rings is 1. The second-order valence-corrected chi connectivity index (χ2v) is 8.50. The van der Waals surface area contributed by atoms with E-state index in [-0.39, 0.29) is 11.8 Å². The first-order valence-corrected chi connectivity index (χ1v) is 10.7. The zero-order chi connectivity index (χ0) is 20.5. The molecule has 5 heteroatoms. The molecule has 30 heavy (non-hydrogen) atoms. The van der Waals surface area contributed by atoms with Crippen LogP contribution in [-0.2, 0) is 13.1 Å². The number of benzene rings is 2. The molecule has 3 nitrogen and oxygen atoms in total. The van der Waals surface area contributed by atoms with Gasteiger partial charge in [-0.15, -0.1) is 0 Å². The summed E-state index contributed by atoms with van der Waals surface area (Å²) in [4.78, 5) is 4.86. The molecule has 0 N–H and O–H groups in total. The Hall–Kier alpha value is -2.50. The normalized spacial score (nSPS) is 24.8. The Morgan fingerprint density at radius 3 is 2.57 bits per heavy atom. The molecular weight excluding hydrogens is 382 g/mol. The summed E-state index contributed by atoms with van der Waals surface area (Å²) in [6, 6.07) is 19.3. The average Bonchev–Trinajstić information content (AvgIpc) is 3.39. The lowest BCUT2D eigenvalue weighted by Gasteiger charge is -2.39. The molecular formula is C25H26F2N2O. The van der Waals surface area contributed by atoms with E-state index < -0.39 is 11.6 Å². The van der Waals surface area contributed by atoms with Gasteiger partial charge in [0, 0.05) is 38.1 Å². The molecule has 3 atom stereocenters. The highest BCUT2D eigenvalue weighted by Crippen LogP contribution is 2.43. The van der Waals surface area contributed by atoms with Crippen LogP contribution in [-0.4, -0.2) is 35.5 Å². The van der Waals surface area contributed by atoms with E-state index >= 15 is 0 Å². The van der Waals surface area contributed by atoms with Crippen molar-refractivity contribution in [2.24, 2.45) is 5.92 Å². The minimum atomic E-state index is -0.756. The van der Waals surface area contributed by atoms with Gasteiger partial charge in [0.1, 0.15) is 5.76 Å². The fourth-order valence-electron chi connectivity index (χ4n) is 5.31. The predicted octanol–water partition coefficient (Wildman–Crippen LogP) is 5.05. The van der Waals surface area contributed by atoms with E-state index in [4.69, 9.17) is 4.42 Å². The van der Waals surface area contributed by atoms with Crippen LogP contribution in [0.15, 0.2) is 71.3 Å². The van der Waals surface area contributed by atoms with Crippen molar-refractivity contribution in [3.8, 4) is 0 Å². The number of nitrogens with zero attached hydrogens (tertiary/aromatic N) is 2. The molecule has 3 heterocycles. The smallest absolute Gasteiger partial charge is 0.162 e. The Kier molecular flexibility index (Phi) is 5.40. The third kappa shape index (κ3) is 3.80. The topological polar surface area (TPSA) is 19.6 Å². The van der Waals surface area contributed by atoms with Crippen molar-refractivity contribution in [2.75, 3.05) is 19.6 Å². The Bertz CT molecular complexity index is 976. The van der Waals surface area contributed by atoms with Gasteiger partial charge in [0.15, 0.2) is 11.6 Å². The number of rotatable bonds is 5. The van der Waals surface area contributed by atoms with Crippen LogP contribution in [0.2, 0.25) is 0 Å². The number of likely N-dealkylation sites (tertiary alicyclic amines) is 2. The van der Waals surface area contributed by atoms with Gasteiger partial charge in [-0.05, 0) is 41.7 Å². The monoisotopic (exact) mass is 408 g/mol. The minimum Gasteiger partial charge on any atom is -0.468 e. The van der Waals surface area contributed by atoms with Crippen LogP contribution < -0.4 is 0 Å². The Morgan fingerprint density at radius 2 is 1.77 bits per heavy atom. The quantitative estimate of drug-likeness (QED) is 0.589. The van der Waals surface area contributed by atoms with Crippen molar-refractivity contribution >= 4 is 0 Å². The Morgan fingerprint density at radius 1 is 0.900 bits per heavy atom. The van der Waals surface area contributed by atoms with Gasteiger partial charge in [0.2, 0.25) is 0 Å². The Balaban J connectivity index is 1.42. The minimum absolute atomic E-state index is 0.0196. The molecule has 2 aliphatic heterocycles. The average molecular weight is 408 g/mol. The highest BCUT2D eigenvalue weighted by atomic mass is 19.2. The summed E-state index contributed by atoms with van der Waals surface area (Å²) in [7, 11) is 0. The van der Waals surface area contributed by atoms with Gasteiger partial charge in [-0.1, -0.05) is 42.5 Å². The number of fused-ring (bicyclic) bond motifs is 1. The number of piperidine rings is 1. The van der Waals surface area contributed by atoms with Crippen LogP contribution in [0.5, 0.6) is 0 Å². The zero-order valence-electron chi connectivity index (χ0n) is 16.9. The molecule has 2 aromatic carbocycles. The fraction of sp³-hybridized carbons (Fsp3) is 0.360. The van der Waals surface area contributed by atoms with Crippen molar-refractivity contribution in [2.45, 2.75) is 31.5 Å². The van der Waals surface area contributed by atoms with Crippen LogP contribution in [0.3, 0.4) is 0 Å². The van der Waals surface area contributed by atoms with Crippen molar-refractivity contribution in [1.29, 1.82) is 0 Å². The lowest BCUT2D eigenvalue weighted by molar-refractivity contribution is 0.0956. The summed E-state index contributed by atoms with van der Waals surface area (Å²) in [5.74, 6) is -0.261. The van der Waals surface area contributed by atoms with Crippen molar-refractivity contribution in [3.05, 3.63) is 95.4 Å². The van der Waals surface area contributed by atoms with Gasteiger partial charge in [0.05, 0.1) is 12.8 Å². The molecule has 2 saturated heterocycles. The first kappa shape index (κ1) is 19.5. The molecule has 3 aromatic rings. The third-order valence-corrected chi connectivity index (χ3v) is 6.69. The van der Waals surface area contributed by atoms with E-state index in [9.17, 15) is 8.78 Å². The summed E-state index contributed by atoms with van der Waals surface area (Å²) < 4.78 is 34.3. The highest BCUT2D eigenvalue weighted by Gasteiger charge is 2.46. The maximum absolute atomic E-state index is 14.7. The molecule has 0 unspecified atom stereocenters. The van der Waals surface area contributed by atoms with Crippen molar-refractivity contribution < 1.29 is 13.2 Å². The Labute approximate surface area is 175 Å². The van der Waals surface area contributed by atoms with Gasteiger partial charge >= 0.3 is 0 Å². The van der Waals surface area contributed by atoms with Crippen molar-refractivity contribution in [3.63, 3.8) is 0 Å². The maximum Gasteiger partial charge on any atom is 0.162 e.